The first-order valence-corrected chi connectivity index (χ1v) is 8.24. The maximum Gasteiger partial charge on any atom is 0.417 e. The first-order valence-electron chi connectivity index (χ1n) is 8.24. The lowest BCUT2D eigenvalue weighted by Crippen LogP contribution is -2.49. The van der Waals surface area contributed by atoms with Crippen LogP contribution in [-0.2, 0) is 6.18 Å². The molecule has 1 amide bonds. The van der Waals surface area contributed by atoms with Crippen molar-refractivity contribution in [3.8, 4) is 5.75 Å². The number of carbonyl (C=O) groups is 1. The molecular weight excluding hydrogens is 345 g/mol. The lowest BCUT2D eigenvalue weighted by atomic mass is 10.1. The van der Waals surface area contributed by atoms with E-state index in [9.17, 15) is 18.0 Å². The van der Waals surface area contributed by atoms with Gasteiger partial charge in [-0.2, -0.15) is 13.2 Å². The fourth-order valence-corrected chi connectivity index (χ4v) is 3.05. The van der Waals surface area contributed by atoms with E-state index >= 15 is 0 Å². The van der Waals surface area contributed by atoms with Crippen LogP contribution in [0.5, 0.6) is 5.75 Å². The number of ether oxygens (including phenoxy) is 1. The number of hydrogen-bond acceptors (Lipinski definition) is 3. The molecule has 0 aromatic heterocycles. The number of nitrogens with zero attached hydrogens (tertiary/aromatic N) is 2. The first kappa shape index (κ1) is 18.1. The minimum Gasteiger partial charge on any atom is -0.497 e. The molecule has 4 nitrogen and oxygen atoms in total. The smallest absolute Gasteiger partial charge is 0.417 e. The van der Waals surface area contributed by atoms with Crippen LogP contribution in [0.2, 0.25) is 0 Å². The van der Waals surface area contributed by atoms with Crippen molar-refractivity contribution in [2.45, 2.75) is 6.18 Å². The number of halogens is 3. The Morgan fingerprint density at radius 2 is 1.58 bits per heavy atom. The number of amides is 1. The molecule has 26 heavy (non-hydrogen) atoms. The van der Waals surface area contributed by atoms with Crippen LogP contribution in [0.25, 0.3) is 0 Å². The third-order valence-corrected chi connectivity index (χ3v) is 4.47. The van der Waals surface area contributed by atoms with Gasteiger partial charge in [-0.15, -0.1) is 0 Å². The minimum absolute atomic E-state index is 0.294. The van der Waals surface area contributed by atoms with Gasteiger partial charge in [-0.05, 0) is 36.4 Å². The molecule has 7 heteroatoms. The Bertz CT molecular complexity index is 767. The van der Waals surface area contributed by atoms with Crippen molar-refractivity contribution in [2.24, 2.45) is 0 Å². The molecule has 0 bridgehead atoms. The van der Waals surface area contributed by atoms with Crippen LogP contribution in [0.1, 0.15) is 15.9 Å². The average Bonchev–Trinajstić information content (AvgIpc) is 2.67. The molecule has 0 unspecified atom stereocenters. The molecule has 2 aromatic rings. The summed E-state index contributed by atoms with van der Waals surface area (Å²) in [6.45, 7) is 1.87. The second-order valence-electron chi connectivity index (χ2n) is 6.02. The zero-order valence-corrected chi connectivity index (χ0v) is 14.3. The minimum atomic E-state index is -4.54. The van der Waals surface area contributed by atoms with E-state index in [0.29, 0.717) is 26.2 Å². The van der Waals surface area contributed by atoms with E-state index in [1.54, 1.807) is 7.11 Å². The second-order valence-corrected chi connectivity index (χ2v) is 6.02. The van der Waals surface area contributed by atoms with Gasteiger partial charge in [0, 0.05) is 31.9 Å². The van der Waals surface area contributed by atoms with Crippen LogP contribution >= 0.6 is 0 Å². The van der Waals surface area contributed by atoms with Crippen LogP contribution < -0.4 is 9.64 Å². The monoisotopic (exact) mass is 364 g/mol. The second kappa shape index (κ2) is 7.27. The molecule has 0 radical (unpaired) electrons. The molecule has 0 aliphatic carbocycles. The molecule has 3 rings (SSSR count). The zero-order valence-electron chi connectivity index (χ0n) is 14.3. The number of anilines is 1. The van der Waals surface area contributed by atoms with Crippen molar-refractivity contribution in [3.05, 3.63) is 59.7 Å². The highest BCUT2D eigenvalue weighted by atomic mass is 19.4. The van der Waals surface area contributed by atoms with E-state index in [1.165, 1.54) is 23.1 Å². The van der Waals surface area contributed by atoms with E-state index in [4.69, 9.17) is 4.74 Å². The van der Waals surface area contributed by atoms with Crippen molar-refractivity contribution < 1.29 is 22.7 Å². The number of benzene rings is 2. The predicted octanol–water partition coefficient (Wildman–Crippen LogP) is 3.68. The van der Waals surface area contributed by atoms with E-state index < -0.39 is 17.6 Å². The average molecular weight is 364 g/mol. The van der Waals surface area contributed by atoms with E-state index in [2.05, 4.69) is 4.90 Å². The van der Waals surface area contributed by atoms with Crippen LogP contribution in [-0.4, -0.2) is 44.1 Å². The number of rotatable bonds is 3. The number of piperazine rings is 1. The van der Waals surface area contributed by atoms with Crippen molar-refractivity contribution in [3.63, 3.8) is 0 Å². The Morgan fingerprint density at radius 3 is 2.15 bits per heavy atom. The third kappa shape index (κ3) is 3.76. The fraction of sp³-hybridized carbons (Fsp3) is 0.316. The van der Waals surface area contributed by atoms with Gasteiger partial charge in [0.15, 0.2) is 0 Å². The van der Waals surface area contributed by atoms with Gasteiger partial charge in [-0.25, -0.2) is 0 Å². The topological polar surface area (TPSA) is 32.8 Å². The van der Waals surface area contributed by atoms with Gasteiger partial charge in [0.1, 0.15) is 5.75 Å². The summed E-state index contributed by atoms with van der Waals surface area (Å²) in [5.74, 6) is 0.179. The van der Waals surface area contributed by atoms with Crippen LogP contribution in [0.3, 0.4) is 0 Å². The molecule has 1 aliphatic heterocycles. The normalized spacial score (nSPS) is 15.1. The molecule has 1 saturated heterocycles. The Labute approximate surface area is 149 Å². The lowest BCUT2D eigenvalue weighted by molar-refractivity contribution is -0.138. The summed E-state index contributed by atoms with van der Waals surface area (Å²) < 4.78 is 44.5. The predicted molar refractivity (Wildman–Crippen MR) is 92.6 cm³/mol. The summed E-state index contributed by atoms with van der Waals surface area (Å²) >= 11 is 0. The fourth-order valence-electron chi connectivity index (χ4n) is 3.05. The number of carbonyl (C=O) groups excluding carboxylic acids is 1. The number of methoxy groups -OCH3 is 1. The standard InChI is InChI=1S/C19H19F3N2O2/c1-26-15-8-6-14(7-9-15)23-10-12-24(13-11-23)18(25)16-4-2-3-5-17(16)19(20,21)22/h2-9H,10-13H2,1H3. The maximum atomic E-state index is 13.1. The summed E-state index contributed by atoms with van der Waals surface area (Å²) in [7, 11) is 1.60. The highest BCUT2D eigenvalue weighted by Crippen LogP contribution is 2.32. The third-order valence-electron chi connectivity index (χ3n) is 4.47. The van der Waals surface area contributed by atoms with Gasteiger partial charge < -0.3 is 14.5 Å². The van der Waals surface area contributed by atoms with Gasteiger partial charge in [-0.1, -0.05) is 12.1 Å². The molecule has 0 spiro atoms. The summed E-state index contributed by atoms with van der Waals surface area (Å²) in [5, 5.41) is 0. The van der Waals surface area contributed by atoms with Crippen molar-refractivity contribution >= 4 is 11.6 Å². The molecule has 2 aromatic carbocycles. The molecule has 0 atom stereocenters. The van der Waals surface area contributed by atoms with Crippen molar-refractivity contribution in [2.75, 3.05) is 38.2 Å². The molecular formula is C19H19F3N2O2. The van der Waals surface area contributed by atoms with Gasteiger partial charge >= 0.3 is 6.18 Å². The zero-order chi connectivity index (χ0) is 18.7. The van der Waals surface area contributed by atoms with Crippen LogP contribution in [0, 0.1) is 0 Å². The van der Waals surface area contributed by atoms with Crippen molar-refractivity contribution in [1.29, 1.82) is 0 Å². The molecule has 138 valence electrons. The van der Waals surface area contributed by atoms with Gasteiger partial charge in [-0.3, -0.25) is 4.79 Å². The Morgan fingerprint density at radius 1 is 0.962 bits per heavy atom. The Balaban J connectivity index is 1.69. The highest BCUT2D eigenvalue weighted by molar-refractivity contribution is 5.96. The summed E-state index contributed by atoms with van der Waals surface area (Å²) in [6, 6.07) is 12.5. The number of alkyl halides is 3. The molecule has 1 fully saturated rings. The van der Waals surface area contributed by atoms with Crippen LogP contribution in [0.15, 0.2) is 48.5 Å². The van der Waals surface area contributed by atoms with E-state index in [0.717, 1.165) is 17.5 Å². The highest BCUT2D eigenvalue weighted by Gasteiger charge is 2.36. The van der Waals surface area contributed by atoms with Crippen molar-refractivity contribution in [1.82, 2.24) is 4.90 Å². The van der Waals surface area contributed by atoms with Gasteiger partial charge in [0.05, 0.1) is 18.2 Å². The Kier molecular flexibility index (Phi) is 5.06. The molecule has 1 heterocycles. The summed E-state index contributed by atoms with van der Waals surface area (Å²) in [6.07, 6.45) is -4.54. The quantitative estimate of drug-likeness (QED) is 0.833. The summed E-state index contributed by atoms with van der Waals surface area (Å²) in [5.41, 5.74) is -0.186. The van der Waals surface area contributed by atoms with Crippen LogP contribution in [0.4, 0.5) is 18.9 Å². The Hall–Kier alpha value is -2.70. The largest absolute Gasteiger partial charge is 0.497 e. The number of hydrogen-bond donors (Lipinski definition) is 0. The first-order chi connectivity index (χ1) is 12.4. The summed E-state index contributed by atoms with van der Waals surface area (Å²) in [4.78, 5) is 16.2. The molecule has 1 aliphatic rings. The molecule has 0 N–H and O–H groups in total. The van der Waals surface area contributed by atoms with Gasteiger partial charge in [0.2, 0.25) is 0 Å². The van der Waals surface area contributed by atoms with Gasteiger partial charge in [0.25, 0.3) is 5.91 Å². The SMILES string of the molecule is COc1ccc(N2CCN(C(=O)c3ccccc3C(F)(F)F)CC2)cc1. The molecule has 0 saturated carbocycles. The maximum absolute atomic E-state index is 13.1. The lowest BCUT2D eigenvalue weighted by Gasteiger charge is -2.36. The van der Waals surface area contributed by atoms with E-state index in [1.807, 2.05) is 24.3 Å². The van der Waals surface area contributed by atoms with E-state index in [-0.39, 0.29) is 5.56 Å².